The lowest BCUT2D eigenvalue weighted by Crippen LogP contribution is -2.32. The molecule has 1 spiro atoms. The molecule has 0 bridgehead atoms. The van der Waals surface area contributed by atoms with E-state index >= 15 is 0 Å². The van der Waals surface area contributed by atoms with Crippen molar-refractivity contribution in [2.45, 2.75) is 11.8 Å². The number of thioether (sulfide) groups is 1. The van der Waals surface area contributed by atoms with Gasteiger partial charge in [0.15, 0.2) is 4.87 Å². The van der Waals surface area contributed by atoms with E-state index in [1.807, 2.05) is 30.5 Å². The van der Waals surface area contributed by atoms with Gasteiger partial charge in [-0.2, -0.15) is 5.10 Å². The molecule has 0 aromatic heterocycles. The van der Waals surface area contributed by atoms with Crippen LogP contribution in [0.2, 0.25) is 0 Å². The molecule has 22 heavy (non-hydrogen) atoms. The second-order valence-electron chi connectivity index (χ2n) is 5.37. The summed E-state index contributed by atoms with van der Waals surface area (Å²) in [5, 5.41) is 5.48. The van der Waals surface area contributed by atoms with Gasteiger partial charge in [0.1, 0.15) is 10.8 Å². The highest BCUT2D eigenvalue weighted by molar-refractivity contribution is 8.16. The van der Waals surface area contributed by atoms with Crippen molar-refractivity contribution in [1.29, 1.82) is 0 Å². The number of benzene rings is 2. The summed E-state index contributed by atoms with van der Waals surface area (Å²) in [4.78, 5) is 4.15. The Kier molecular flexibility index (Phi) is 2.97. The Balaban J connectivity index is 1.65. The first-order valence-electron chi connectivity index (χ1n) is 7.05. The van der Waals surface area contributed by atoms with Crippen LogP contribution in [-0.4, -0.2) is 18.4 Å². The van der Waals surface area contributed by atoms with Crippen LogP contribution >= 0.6 is 11.8 Å². The van der Waals surface area contributed by atoms with Crippen molar-refractivity contribution in [2.75, 3.05) is 7.11 Å². The first-order valence-corrected chi connectivity index (χ1v) is 7.86. The number of nitrogens with zero attached hydrogens (tertiary/aromatic N) is 2. The molecule has 0 radical (unpaired) electrons. The molecular weight excluding hydrogens is 294 g/mol. The van der Waals surface area contributed by atoms with E-state index in [4.69, 9.17) is 4.74 Å². The normalized spacial score (nSPS) is 21.6. The minimum atomic E-state index is -0.378. The van der Waals surface area contributed by atoms with Crippen LogP contribution in [0.5, 0.6) is 5.75 Å². The van der Waals surface area contributed by atoms with Gasteiger partial charge in [-0.15, -0.1) is 0 Å². The van der Waals surface area contributed by atoms with E-state index in [1.54, 1.807) is 18.9 Å². The monoisotopic (exact) mass is 309 g/mol. The SMILES string of the molecule is COc1ccc(C2=NNC3(C=Nc4ccc(C)cc43)S2)cc1. The molecule has 4 nitrogen and oxygen atoms in total. The quantitative estimate of drug-likeness (QED) is 0.922. The summed E-state index contributed by atoms with van der Waals surface area (Å²) in [5.74, 6) is 0.846. The highest BCUT2D eigenvalue weighted by atomic mass is 32.2. The van der Waals surface area contributed by atoms with Crippen LogP contribution in [0.4, 0.5) is 5.69 Å². The van der Waals surface area contributed by atoms with Crippen LogP contribution in [0, 0.1) is 6.92 Å². The Bertz CT molecular complexity index is 798. The second kappa shape index (κ2) is 4.88. The smallest absolute Gasteiger partial charge is 0.168 e. The van der Waals surface area contributed by atoms with Gasteiger partial charge < -0.3 is 4.74 Å². The number of hydrogen-bond acceptors (Lipinski definition) is 5. The minimum Gasteiger partial charge on any atom is -0.497 e. The maximum atomic E-state index is 5.20. The van der Waals surface area contributed by atoms with Gasteiger partial charge in [-0.25, -0.2) is 0 Å². The van der Waals surface area contributed by atoms with Crippen molar-refractivity contribution >= 4 is 28.7 Å². The standard InChI is InChI=1S/C17H15N3OS/c1-11-3-8-15-14(9-11)17(10-18-15)20-19-16(22-17)12-4-6-13(21-2)7-5-12/h3-10,20H,1-2H3. The molecule has 5 heteroatoms. The van der Waals surface area contributed by atoms with Crippen LogP contribution < -0.4 is 10.2 Å². The maximum Gasteiger partial charge on any atom is 0.168 e. The summed E-state index contributed by atoms with van der Waals surface area (Å²) in [6.07, 6.45) is 1.95. The van der Waals surface area contributed by atoms with E-state index in [1.165, 1.54) is 11.1 Å². The number of aryl methyl sites for hydroxylation is 1. The van der Waals surface area contributed by atoms with Gasteiger partial charge in [0.05, 0.1) is 12.8 Å². The first-order chi connectivity index (χ1) is 10.7. The number of rotatable bonds is 2. The van der Waals surface area contributed by atoms with Crippen molar-refractivity contribution < 1.29 is 4.74 Å². The molecule has 4 rings (SSSR count). The van der Waals surface area contributed by atoms with Crippen molar-refractivity contribution in [3.05, 3.63) is 59.2 Å². The zero-order valence-electron chi connectivity index (χ0n) is 12.3. The van der Waals surface area contributed by atoms with E-state index in [2.05, 4.69) is 40.6 Å². The predicted molar refractivity (Wildman–Crippen MR) is 91.3 cm³/mol. The Morgan fingerprint density at radius 3 is 2.73 bits per heavy atom. The molecule has 0 fully saturated rings. The van der Waals surface area contributed by atoms with Gasteiger partial charge in [0, 0.05) is 17.3 Å². The fraction of sp³-hybridized carbons (Fsp3) is 0.176. The molecule has 2 aromatic rings. The highest BCUT2D eigenvalue weighted by Crippen LogP contribution is 2.47. The zero-order valence-corrected chi connectivity index (χ0v) is 13.1. The van der Waals surface area contributed by atoms with Crippen LogP contribution in [0.25, 0.3) is 0 Å². The Hall–Kier alpha value is -2.27. The van der Waals surface area contributed by atoms with Crippen LogP contribution in [0.15, 0.2) is 52.6 Å². The Labute approximate surface area is 133 Å². The zero-order chi connectivity index (χ0) is 15.2. The average molecular weight is 309 g/mol. The molecule has 0 amide bonds. The second-order valence-corrected chi connectivity index (χ2v) is 6.61. The van der Waals surface area contributed by atoms with Gasteiger partial charge in [0.25, 0.3) is 0 Å². The first kappa shape index (κ1) is 13.4. The molecule has 2 aliphatic rings. The molecule has 1 N–H and O–H groups in total. The number of nitrogens with one attached hydrogen (secondary N) is 1. The number of hydrazone groups is 1. The topological polar surface area (TPSA) is 46.0 Å². The van der Waals surface area contributed by atoms with Gasteiger partial charge >= 0.3 is 0 Å². The molecule has 2 heterocycles. The molecule has 0 saturated heterocycles. The van der Waals surface area contributed by atoms with E-state index < -0.39 is 0 Å². The third-order valence-corrected chi connectivity index (χ3v) is 5.11. The van der Waals surface area contributed by atoms with Crippen LogP contribution in [0.3, 0.4) is 0 Å². The lowest BCUT2D eigenvalue weighted by Gasteiger charge is -2.20. The summed E-state index contributed by atoms with van der Waals surface area (Å²) in [7, 11) is 1.67. The third kappa shape index (κ3) is 2.01. The molecule has 110 valence electrons. The summed E-state index contributed by atoms with van der Waals surface area (Å²) >= 11 is 1.69. The lowest BCUT2D eigenvalue weighted by atomic mass is 10.1. The Morgan fingerprint density at radius 1 is 1.14 bits per heavy atom. The highest BCUT2D eigenvalue weighted by Gasteiger charge is 2.42. The van der Waals surface area contributed by atoms with Crippen molar-refractivity contribution in [2.24, 2.45) is 10.1 Å². The van der Waals surface area contributed by atoms with Crippen LogP contribution in [-0.2, 0) is 4.87 Å². The van der Waals surface area contributed by atoms with Crippen LogP contribution in [0.1, 0.15) is 16.7 Å². The van der Waals surface area contributed by atoms with Crippen molar-refractivity contribution in [1.82, 2.24) is 5.43 Å². The summed E-state index contributed by atoms with van der Waals surface area (Å²) in [6.45, 7) is 2.09. The molecule has 2 aromatic carbocycles. The minimum absolute atomic E-state index is 0.378. The summed E-state index contributed by atoms with van der Waals surface area (Å²) in [5.41, 5.74) is 7.74. The molecule has 2 aliphatic heterocycles. The number of methoxy groups -OCH3 is 1. The van der Waals surface area contributed by atoms with Crippen molar-refractivity contribution in [3.8, 4) is 5.75 Å². The number of hydrogen-bond donors (Lipinski definition) is 1. The van der Waals surface area contributed by atoms with Gasteiger partial charge in [-0.3, -0.25) is 10.4 Å². The molecule has 0 saturated carbocycles. The van der Waals surface area contributed by atoms with E-state index in [0.717, 1.165) is 22.0 Å². The van der Waals surface area contributed by atoms with Gasteiger partial charge in [0.2, 0.25) is 0 Å². The van der Waals surface area contributed by atoms with Gasteiger partial charge in [-0.05, 0) is 37.3 Å². The molecular formula is C17H15N3OS. The molecule has 1 atom stereocenters. The third-order valence-electron chi connectivity index (χ3n) is 3.86. The Morgan fingerprint density at radius 2 is 1.95 bits per heavy atom. The molecule has 1 unspecified atom stereocenters. The van der Waals surface area contributed by atoms with Gasteiger partial charge in [-0.1, -0.05) is 29.5 Å². The summed E-state index contributed by atoms with van der Waals surface area (Å²) in [6, 6.07) is 14.3. The summed E-state index contributed by atoms with van der Waals surface area (Å²) < 4.78 is 5.20. The fourth-order valence-corrected chi connectivity index (χ4v) is 3.77. The molecule has 0 aliphatic carbocycles. The van der Waals surface area contributed by atoms with E-state index in [0.29, 0.717) is 0 Å². The number of aliphatic imine (C=N–C) groups is 1. The number of fused-ring (bicyclic) bond motifs is 2. The van der Waals surface area contributed by atoms with E-state index in [-0.39, 0.29) is 4.87 Å². The lowest BCUT2D eigenvalue weighted by molar-refractivity contribution is 0.415. The average Bonchev–Trinajstić information content (AvgIpc) is 3.14. The fourth-order valence-electron chi connectivity index (χ4n) is 2.65. The van der Waals surface area contributed by atoms with E-state index in [9.17, 15) is 0 Å². The maximum absolute atomic E-state index is 5.20. The number of ether oxygens (including phenoxy) is 1. The predicted octanol–water partition coefficient (Wildman–Crippen LogP) is 3.57. The van der Waals surface area contributed by atoms with Crippen molar-refractivity contribution in [3.63, 3.8) is 0 Å². The largest absolute Gasteiger partial charge is 0.497 e.